The van der Waals surface area contributed by atoms with Crippen LogP contribution in [-0.4, -0.2) is 140 Å². The molecule has 0 aromatic carbocycles. The molecule has 14 nitrogen and oxygen atoms in total. The highest BCUT2D eigenvalue weighted by atomic mass is 16.7. The summed E-state index contributed by atoms with van der Waals surface area (Å²) >= 11 is 0. The summed E-state index contributed by atoms with van der Waals surface area (Å²) in [6, 6.07) is -0.823. The summed E-state index contributed by atoms with van der Waals surface area (Å²) in [6.45, 7) is 2.91. The van der Waals surface area contributed by atoms with E-state index in [9.17, 15) is 45.6 Å². The number of rotatable bonds is 56. The Kier molecular flexibility index (Phi) is 48.2. The number of nitrogens with one attached hydrogen (secondary N) is 1. The van der Waals surface area contributed by atoms with E-state index in [0.29, 0.717) is 12.8 Å². The minimum atomic E-state index is -1.78. The van der Waals surface area contributed by atoms with Gasteiger partial charge in [0.2, 0.25) is 5.91 Å². The third kappa shape index (κ3) is 36.4. The highest BCUT2D eigenvalue weighted by molar-refractivity contribution is 5.76. The molecule has 9 N–H and O–H groups in total. The molecule has 0 aromatic heterocycles. The lowest BCUT2D eigenvalue weighted by molar-refractivity contribution is -0.359. The molecule has 79 heavy (non-hydrogen) atoms. The molecule has 2 rings (SSSR count). The second-order valence-electron chi connectivity index (χ2n) is 24.3. The zero-order valence-corrected chi connectivity index (χ0v) is 50.9. The molecule has 2 aliphatic heterocycles. The Morgan fingerprint density at radius 2 is 0.722 bits per heavy atom. The average molecular weight is 1130 g/mol. The highest BCUT2D eigenvalue weighted by Gasteiger charge is 2.51. The van der Waals surface area contributed by atoms with Gasteiger partial charge in [0, 0.05) is 6.42 Å². The van der Waals surface area contributed by atoms with Crippen LogP contribution >= 0.6 is 0 Å². The zero-order valence-electron chi connectivity index (χ0n) is 50.9. The van der Waals surface area contributed by atoms with E-state index in [0.717, 1.165) is 51.4 Å². The minimum absolute atomic E-state index is 0.199. The molecule has 470 valence electrons. The lowest BCUT2D eigenvalue weighted by atomic mass is 9.97. The lowest BCUT2D eigenvalue weighted by Crippen LogP contribution is -2.65. The molecule has 2 aliphatic rings. The predicted octanol–water partition coefficient (Wildman–Crippen LogP) is 12.8. The van der Waals surface area contributed by atoms with Crippen LogP contribution in [0.2, 0.25) is 0 Å². The Balaban J connectivity index is 1.61. The van der Waals surface area contributed by atoms with Gasteiger partial charge in [-0.1, -0.05) is 296 Å². The van der Waals surface area contributed by atoms with Crippen LogP contribution in [0.3, 0.4) is 0 Å². The molecule has 0 spiro atoms. The number of ether oxygens (including phenoxy) is 4. The molecule has 1 amide bonds. The van der Waals surface area contributed by atoms with E-state index < -0.39 is 86.8 Å². The summed E-state index contributed by atoms with van der Waals surface area (Å²) in [4.78, 5) is 13.3. The van der Waals surface area contributed by atoms with E-state index in [-0.39, 0.29) is 12.5 Å². The van der Waals surface area contributed by atoms with Gasteiger partial charge in [0.15, 0.2) is 12.6 Å². The number of hydrogen-bond acceptors (Lipinski definition) is 13. The average Bonchev–Trinajstić information content (AvgIpc) is 3.55. The van der Waals surface area contributed by atoms with Crippen molar-refractivity contribution in [2.75, 3.05) is 19.8 Å². The van der Waals surface area contributed by atoms with Gasteiger partial charge >= 0.3 is 0 Å². The van der Waals surface area contributed by atoms with Crippen LogP contribution in [0.15, 0.2) is 0 Å². The van der Waals surface area contributed by atoms with Crippen LogP contribution in [0.4, 0.5) is 0 Å². The van der Waals surface area contributed by atoms with Gasteiger partial charge in [-0.3, -0.25) is 4.79 Å². The zero-order chi connectivity index (χ0) is 57.4. The predicted molar refractivity (Wildman–Crippen MR) is 319 cm³/mol. The van der Waals surface area contributed by atoms with E-state index in [2.05, 4.69) is 19.2 Å². The van der Waals surface area contributed by atoms with Gasteiger partial charge in [-0.15, -0.1) is 0 Å². The van der Waals surface area contributed by atoms with Gasteiger partial charge in [0.05, 0.1) is 32.0 Å². The van der Waals surface area contributed by atoms with Gasteiger partial charge in [-0.05, 0) is 12.8 Å². The van der Waals surface area contributed by atoms with Crippen molar-refractivity contribution in [1.29, 1.82) is 0 Å². The fraction of sp³-hybridized carbons (Fsp3) is 0.985. The molecule has 0 bridgehead atoms. The molecular weight excluding hydrogens is 1000 g/mol. The van der Waals surface area contributed by atoms with Gasteiger partial charge in [-0.2, -0.15) is 0 Å². The lowest BCUT2D eigenvalue weighted by Gasteiger charge is -2.46. The number of amides is 1. The fourth-order valence-electron chi connectivity index (χ4n) is 11.7. The molecule has 4 unspecified atom stereocenters. The van der Waals surface area contributed by atoms with E-state index in [4.69, 9.17) is 18.9 Å². The van der Waals surface area contributed by atoms with Gasteiger partial charge in [0.25, 0.3) is 0 Å². The van der Waals surface area contributed by atoms with E-state index >= 15 is 0 Å². The summed E-state index contributed by atoms with van der Waals surface area (Å²) in [7, 11) is 0. The Hall–Kier alpha value is -1.01. The van der Waals surface area contributed by atoms with Gasteiger partial charge < -0.3 is 65.1 Å². The smallest absolute Gasteiger partial charge is 0.220 e. The molecule has 2 saturated heterocycles. The van der Waals surface area contributed by atoms with Crippen molar-refractivity contribution in [3.63, 3.8) is 0 Å². The largest absolute Gasteiger partial charge is 0.394 e. The van der Waals surface area contributed by atoms with Crippen LogP contribution in [0.25, 0.3) is 0 Å². The topological polar surface area (TPSA) is 228 Å². The number of aliphatic hydroxyl groups is 8. The second kappa shape index (κ2) is 51.4. The molecule has 2 fully saturated rings. The first-order valence-corrected chi connectivity index (χ1v) is 33.8. The van der Waals surface area contributed by atoms with Crippen molar-refractivity contribution in [3.8, 4) is 0 Å². The Labute approximate surface area is 483 Å². The Morgan fingerprint density at radius 3 is 1.08 bits per heavy atom. The van der Waals surface area contributed by atoms with Crippen molar-refractivity contribution in [2.24, 2.45) is 0 Å². The molecule has 0 radical (unpaired) electrons. The summed E-state index contributed by atoms with van der Waals surface area (Å²) < 4.78 is 22.9. The molecule has 2 heterocycles. The van der Waals surface area contributed by atoms with Crippen LogP contribution in [0, 0.1) is 0 Å². The fourth-order valence-corrected chi connectivity index (χ4v) is 11.7. The van der Waals surface area contributed by atoms with Crippen molar-refractivity contribution in [2.45, 2.75) is 389 Å². The van der Waals surface area contributed by atoms with E-state index in [1.807, 2.05) is 0 Å². The maximum Gasteiger partial charge on any atom is 0.220 e. The van der Waals surface area contributed by atoms with Crippen molar-refractivity contribution < 1.29 is 64.6 Å². The number of carbonyl (C=O) groups excluding carboxylic acids is 1. The van der Waals surface area contributed by atoms with E-state index in [1.165, 1.54) is 238 Å². The summed E-state index contributed by atoms with van der Waals surface area (Å²) in [6.07, 6.45) is 42.8. The van der Waals surface area contributed by atoms with Crippen molar-refractivity contribution in [1.82, 2.24) is 5.32 Å². The molecule has 0 aliphatic carbocycles. The first-order chi connectivity index (χ1) is 38.6. The first kappa shape index (κ1) is 74.1. The third-order valence-corrected chi connectivity index (χ3v) is 17.1. The summed E-state index contributed by atoms with van der Waals surface area (Å²) in [5.74, 6) is -0.199. The van der Waals surface area contributed by atoms with Gasteiger partial charge in [-0.25, -0.2) is 0 Å². The molecule has 0 saturated carbocycles. The quantitative estimate of drug-likeness (QED) is 0.0259. The van der Waals surface area contributed by atoms with Crippen molar-refractivity contribution >= 4 is 5.91 Å². The second-order valence-corrected chi connectivity index (χ2v) is 24.3. The molecule has 12 atom stereocenters. The van der Waals surface area contributed by atoms with Crippen LogP contribution < -0.4 is 5.32 Å². The molecule has 14 heteroatoms. The standard InChI is InChI=1S/C65H127NO13/c1-3-5-7-9-11-13-15-17-19-20-21-22-23-24-25-26-27-28-29-30-31-32-33-34-35-37-39-41-43-45-47-49-57(70)66-53(54(69)48-46-44-42-40-38-36-18-16-14-12-10-8-6-4-2)52-76-64-62(75)60(73)63(56(51-68)78-64)79-65-61(74)59(72)58(71)55(50-67)77-65/h53-56,58-65,67-69,71-75H,3-52H2,1-2H3,(H,66,70)/t53-,54+,55+,56+,58-,59?,60?,61?,62?,63+,64+,65-/m0/s1. The number of carbonyl (C=O) groups is 1. The Morgan fingerprint density at radius 1 is 0.405 bits per heavy atom. The maximum atomic E-state index is 13.3. The highest BCUT2D eigenvalue weighted by Crippen LogP contribution is 2.30. The molecule has 0 aromatic rings. The Bertz CT molecular complexity index is 1330. The van der Waals surface area contributed by atoms with Crippen LogP contribution in [0.1, 0.15) is 316 Å². The minimum Gasteiger partial charge on any atom is -0.394 e. The summed E-state index contributed by atoms with van der Waals surface area (Å²) in [5, 5.41) is 87.4. The number of aliphatic hydroxyl groups excluding tert-OH is 8. The third-order valence-electron chi connectivity index (χ3n) is 17.1. The normalized spacial score (nSPS) is 24.3. The SMILES string of the molecule is CCCCCCCCCCCCCCCCCCCCCCCCCCCCCCCCCC(=O)N[C@@H](CO[C@@H]1O[C@H](CO)[C@@H](O[C@@H]2O[C@H](CO)[C@H](O)C(O)C2O)C(O)C1O)[C@H](O)CCCCCCCCCCCCCCCC. The monoisotopic (exact) mass is 1130 g/mol. The number of hydrogen-bond donors (Lipinski definition) is 9. The molecular formula is C65H127NO13. The van der Waals surface area contributed by atoms with Crippen LogP contribution in [0.5, 0.6) is 0 Å². The van der Waals surface area contributed by atoms with E-state index in [1.54, 1.807) is 0 Å². The van der Waals surface area contributed by atoms with Crippen LogP contribution in [-0.2, 0) is 23.7 Å². The van der Waals surface area contributed by atoms with Crippen molar-refractivity contribution in [3.05, 3.63) is 0 Å². The van der Waals surface area contributed by atoms with Gasteiger partial charge in [0.1, 0.15) is 48.8 Å². The summed E-state index contributed by atoms with van der Waals surface area (Å²) in [5.41, 5.74) is 0. The first-order valence-electron chi connectivity index (χ1n) is 33.8. The maximum absolute atomic E-state index is 13.3. The number of unbranched alkanes of at least 4 members (excludes halogenated alkanes) is 43.